The summed E-state index contributed by atoms with van der Waals surface area (Å²) in [5.41, 5.74) is 4.28. The zero-order valence-electron chi connectivity index (χ0n) is 12.1. The number of benzene rings is 1. The van der Waals surface area contributed by atoms with E-state index in [0.717, 1.165) is 38.1 Å². The van der Waals surface area contributed by atoms with Crippen LogP contribution in [-0.4, -0.2) is 15.6 Å². The van der Waals surface area contributed by atoms with Crippen molar-refractivity contribution in [3.05, 3.63) is 54.1 Å². The van der Waals surface area contributed by atoms with Crippen molar-refractivity contribution in [3.63, 3.8) is 0 Å². The van der Waals surface area contributed by atoms with E-state index in [1.165, 1.54) is 5.56 Å². The van der Waals surface area contributed by atoms with Crippen molar-refractivity contribution in [2.45, 2.75) is 45.2 Å². The van der Waals surface area contributed by atoms with Crippen molar-refractivity contribution in [1.82, 2.24) is 15.0 Å². The lowest BCUT2D eigenvalue weighted by Gasteiger charge is -2.16. The molecular formula is C16H24N4. The van der Waals surface area contributed by atoms with Crippen LogP contribution in [0.3, 0.4) is 0 Å². The van der Waals surface area contributed by atoms with Crippen molar-refractivity contribution >= 4 is 0 Å². The van der Waals surface area contributed by atoms with Crippen LogP contribution < -0.4 is 11.3 Å². The fourth-order valence-electron chi connectivity index (χ4n) is 2.42. The summed E-state index contributed by atoms with van der Waals surface area (Å²) in [5.74, 6) is 6.80. The predicted molar refractivity (Wildman–Crippen MR) is 82.1 cm³/mol. The highest BCUT2D eigenvalue weighted by molar-refractivity contribution is 5.14. The summed E-state index contributed by atoms with van der Waals surface area (Å²) in [5, 5.41) is 0. The minimum Gasteiger partial charge on any atom is -0.335 e. The largest absolute Gasteiger partial charge is 0.335 e. The minimum absolute atomic E-state index is 0.258. The van der Waals surface area contributed by atoms with Crippen LogP contribution in [0.1, 0.15) is 31.2 Å². The fraction of sp³-hybridized carbons (Fsp3) is 0.438. The third kappa shape index (κ3) is 4.18. The molecule has 0 bridgehead atoms. The first-order valence-corrected chi connectivity index (χ1v) is 7.33. The molecule has 108 valence electrons. The van der Waals surface area contributed by atoms with Gasteiger partial charge in [-0.25, -0.2) is 4.98 Å². The Labute approximate surface area is 121 Å². The number of aryl methyl sites for hydroxylation is 2. The molecule has 0 fully saturated rings. The van der Waals surface area contributed by atoms with Crippen LogP contribution in [0.2, 0.25) is 0 Å². The molecule has 0 spiro atoms. The number of hydrazine groups is 1. The van der Waals surface area contributed by atoms with Gasteiger partial charge < -0.3 is 4.57 Å². The van der Waals surface area contributed by atoms with E-state index in [2.05, 4.69) is 46.2 Å². The summed E-state index contributed by atoms with van der Waals surface area (Å²) >= 11 is 0. The van der Waals surface area contributed by atoms with Gasteiger partial charge in [0, 0.05) is 31.4 Å². The van der Waals surface area contributed by atoms with E-state index in [1.54, 1.807) is 0 Å². The third-order valence-corrected chi connectivity index (χ3v) is 3.56. The molecule has 1 unspecified atom stereocenters. The van der Waals surface area contributed by atoms with E-state index in [0.29, 0.717) is 0 Å². The maximum absolute atomic E-state index is 5.69. The molecule has 2 rings (SSSR count). The lowest BCUT2D eigenvalue weighted by atomic mass is 10.0. The Morgan fingerprint density at radius 2 is 2.10 bits per heavy atom. The van der Waals surface area contributed by atoms with Gasteiger partial charge in [-0.15, -0.1) is 0 Å². The van der Waals surface area contributed by atoms with Crippen LogP contribution in [0.15, 0.2) is 42.7 Å². The number of nitrogens with zero attached hydrogens (tertiary/aromatic N) is 2. The number of nitrogens with two attached hydrogens (primary N) is 1. The average Bonchev–Trinajstić information content (AvgIpc) is 2.92. The zero-order chi connectivity index (χ0) is 14.2. The maximum atomic E-state index is 5.69. The number of rotatable bonds is 8. The lowest BCUT2D eigenvalue weighted by molar-refractivity contribution is 0.470. The highest BCUT2D eigenvalue weighted by Crippen LogP contribution is 2.09. The SMILES string of the molecule is CCCn1ccnc1CC(CCc1ccccc1)NN. The molecule has 0 aliphatic carbocycles. The molecular weight excluding hydrogens is 248 g/mol. The van der Waals surface area contributed by atoms with Gasteiger partial charge in [0.2, 0.25) is 0 Å². The predicted octanol–water partition coefficient (Wildman–Crippen LogP) is 2.30. The van der Waals surface area contributed by atoms with Gasteiger partial charge in [-0.05, 0) is 24.8 Å². The number of nitrogens with one attached hydrogen (secondary N) is 1. The number of hydrogen-bond acceptors (Lipinski definition) is 3. The number of imidazole rings is 1. The molecule has 3 N–H and O–H groups in total. The first-order valence-electron chi connectivity index (χ1n) is 7.33. The summed E-state index contributed by atoms with van der Waals surface area (Å²) in [4.78, 5) is 4.44. The summed E-state index contributed by atoms with van der Waals surface area (Å²) in [6.07, 6.45) is 7.95. The second-order valence-corrected chi connectivity index (χ2v) is 5.13. The van der Waals surface area contributed by atoms with Crippen molar-refractivity contribution < 1.29 is 0 Å². The summed E-state index contributed by atoms with van der Waals surface area (Å²) in [6, 6.07) is 10.8. The van der Waals surface area contributed by atoms with Gasteiger partial charge in [0.1, 0.15) is 5.82 Å². The smallest absolute Gasteiger partial charge is 0.110 e. The molecule has 1 atom stereocenters. The van der Waals surface area contributed by atoms with Gasteiger partial charge in [0.15, 0.2) is 0 Å². The van der Waals surface area contributed by atoms with Gasteiger partial charge in [-0.3, -0.25) is 11.3 Å². The van der Waals surface area contributed by atoms with Crippen LogP contribution in [0.4, 0.5) is 0 Å². The molecule has 1 aromatic heterocycles. The third-order valence-electron chi connectivity index (χ3n) is 3.56. The zero-order valence-corrected chi connectivity index (χ0v) is 12.1. The van der Waals surface area contributed by atoms with Crippen molar-refractivity contribution in [3.8, 4) is 0 Å². The van der Waals surface area contributed by atoms with Gasteiger partial charge in [-0.2, -0.15) is 0 Å². The molecule has 4 nitrogen and oxygen atoms in total. The van der Waals surface area contributed by atoms with Crippen molar-refractivity contribution in [2.75, 3.05) is 0 Å². The monoisotopic (exact) mass is 272 g/mol. The van der Waals surface area contributed by atoms with E-state index >= 15 is 0 Å². The van der Waals surface area contributed by atoms with Crippen LogP contribution >= 0.6 is 0 Å². The van der Waals surface area contributed by atoms with Crippen molar-refractivity contribution in [2.24, 2.45) is 5.84 Å². The quantitative estimate of drug-likeness (QED) is 0.572. The molecule has 1 aromatic carbocycles. The van der Waals surface area contributed by atoms with E-state index in [1.807, 2.05) is 18.5 Å². The molecule has 20 heavy (non-hydrogen) atoms. The Kier molecular flexibility index (Phi) is 5.77. The molecule has 4 heteroatoms. The number of aromatic nitrogens is 2. The molecule has 0 aliphatic rings. The summed E-state index contributed by atoms with van der Waals surface area (Å²) < 4.78 is 2.22. The molecule has 0 saturated heterocycles. The topological polar surface area (TPSA) is 55.9 Å². The summed E-state index contributed by atoms with van der Waals surface area (Å²) in [6.45, 7) is 3.20. The second-order valence-electron chi connectivity index (χ2n) is 5.13. The highest BCUT2D eigenvalue weighted by atomic mass is 15.2. The fourth-order valence-corrected chi connectivity index (χ4v) is 2.42. The van der Waals surface area contributed by atoms with Crippen LogP contribution in [-0.2, 0) is 19.4 Å². The molecule has 0 radical (unpaired) electrons. The second kappa shape index (κ2) is 7.82. The van der Waals surface area contributed by atoms with Gasteiger partial charge in [-0.1, -0.05) is 37.3 Å². The van der Waals surface area contributed by atoms with E-state index < -0.39 is 0 Å². The van der Waals surface area contributed by atoms with Crippen molar-refractivity contribution in [1.29, 1.82) is 0 Å². The Morgan fingerprint density at radius 1 is 1.30 bits per heavy atom. The Balaban J connectivity index is 1.90. The first kappa shape index (κ1) is 14.8. The van der Waals surface area contributed by atoms with Gasteiger partial charge in [0.05, 0.1) is 0 Å². The molecule has 0 amide bonds. The molecule has 1 heterocycles. The van der Waals surface area contributed by atoms with Gasteiger partial charge in [0.25, 0.3) is 0 Å². The van der Waals surface area contributed by atoms with E-state index in [-0.39, 0.29) is 6.04 Å². The lowest BCUT2D eigenvalue weighted by Crippen LogP contribution is -2.37. The number of hydrogen-bond donors (Lipinski definition) is 2. The van der Waals surface area contributed by atoms with E-state index in [9.17, 15) is 0 Å². The van der Waals surface area contributed by atoms with Crippen LogP contribution in [0.5, 0.6) is 0 Å². The van der Waals surface area contributed by atoms with Gasteiger partial charge >= 0.3 is 0 Å². The highest BCUT2D eigenvalue weighted by Gasteiger charge is 2.11. The van der Waals surface area contributed by atoms with Crippen LogP contribution in [0.25, 0.3) is 0 Å². The standard InChI is InChI=1S/C16H24N4/c1-2-11-20-12-10-18-16(20)13-15(19-17)9-8-14-6-4-3-5-7-14/h3-7,10,12,15,19H,2,8-9,11,13,17H2,1H3. The average molecular weight is 272 g/mol. The Bertz CT molecular complexity index is 492. The first-order chi connectivity index (χ1) is 9.83. The Morgan fingerprint density at radius 3 is 2.80 bits per heavy atom. The molecule has 2 aromatic rings. The molecule has 0 aliphatic heterocycles. The maximum Gasteiger partial charge on any atom is 0.110 e. The molecule has 0 saturated carbocycles. The normalized spacial score (nSPS) is 12.5. The van der Waals surface area contributed by atoms with E-state index in [4.69, 9.17) is 5.84 Å². The van der Waals surface area contributed by atoms with Crippen LogP contribution in [0, 0.1) is 0 Å². The summed E-state index contributed by atoms with van der Waals surface area (Å²) in [7, 11) is 0. The minimum atomic E-state index is 0.258. The Hall–Kier alpha value is -1.65.